The Morgan fingerprint density at radius 3 is 2.71 bits per heavy atom. The number of benzene rings is 1. The zero-order valence-electron chi connectivity index (χ0n) is 20.7. The molecule has 0 bridgehead atoms. The van der Waals surface area contributed by atoms with Gasteiger partial charge in [-0.1, -0.05) is 24.8 Å². The summed E-state index contributed by atoms with van der Waals surface area (Å²) in [7, 11) is 1.74. The Kier molecular flexibility index (Phi) is 7.27. The molecule has 4 rings (SSSR count). The normalized spacial score (nSPS) is 17.2. The van der Waals surface area contributed by atoms with Crippen LogP contribution in [0.15, 0.2) is 35.8 Å². The number of hydrogen-bond acceptors (Lipinski definition) is 5. The van der Waals surface area contributed by atoms with Crippen molar-refractivity contribution in [2.75, 3.05) is 33.2 Å². The second-order valence-corrected chi connectivity index (χ2v) is 10.8. The number of amides is 1. The molecule has 0 aliphatic carbocycles. The van der Waals surface area contributed by atoms with Gasteiger partial charge in [0.2, 0.25) is 0 Å². The fraction of sp³-hybridized carbons (Fsp3) is 0.444. The number of nitrogens with zero attached hydrogens (tertiary/aromatic N) is 5. The fourth-order valence-electron chi connectivity index (χ4n) is 4.57. The largest absolute Gasteiger partial charge is 0.364 e. The number of likely N-dealkylation sites (tertiary alicyclic amines) is 2. The minimum atomic E-state index is -1.21. The lowest BCUT2D eigenvalue weighted by Crippen LogP contribution is -2.55. The molecule has 184 valence electrons. The third-order valence-corrected chi connectivity index (χ3v) is 7.75. The summed E-state index contributed by atoms with van der Waals surface area (Å²) in [5, 5.41) is 9.57. The van der Waals surface area contributed by atoms with Crippen LogP contribution in [0.5, 0.6) is 0 Å². The Bertz CT molecular complexity index is 1180. The molecular weight excluding hydrogens is 461 g/mol. The van der Waals surface area contributed by atoms with E-state index in [0.29, 0.717) is 41.5 Å². The number of alkyl halides is 1. The van der Waals surface area contributed by atoms with Crippen LogP contribution in [-0.4, -0.2) is 65.8 Å². The molecule has 2 aliphatic rings. The van der Waals surface area contributed by atoms with Gasteiger partial charge in [0, 0.05) is 32.4 Å². The smallest absolute Gasteiger partial charge is 0.266 e. The number of rotatable bonds is 7. The van der Waals surface area contributed by atoms with Crippen molar-refractivity contribution in [3.8, 4) is 6.07 Å². The summed E-state index contributed by atoms with van der Waals surface area (Å²) in [6.45, 7) is 10.5. The molecule has 2 aromatic rings. The minimum Gasteiger partial charge on any atom is -0.364 e. The van der Waals surface area contributed by atoms with Crippen molar-refractivity contribution in [2.24, 2.45) is 4.99 Å². The molecule has 1 amide bonds. The van der Waals surface area contributed by atoms with Gasteiger partial charge in [-0.25, -0.2) is 9.38 Å². The van der Waals surface area contributed by atoms with E-state index in [1.165, 1.54) is 17.8 Å². The van der Waals surface area contributed by atoms with Crippen molar-refractivity contribution in [3.63, 3.8) is 0 Å². The van der Waals surface area contributed by atoms with E-state index in [4.69, 9.17) is 4.99 Å². The Hall–Kier alpha value is -3.18. The number of aryl methyl sites for hydroxylation is 1. The van der Waals surface area contributed by atoms with Crippen molar-refractivity contribution in [3.05, 3.63) is 57.3 Å². The molecule has 1 aromatic heterocycles. The molecule has 0 radical (unpaired) electrons. The predicted molar refractivity (Wildman–Crippen MR) is 140 cm³/mol. The zero-order valence-corrected chi connectivity index (χ0v) is 21.5. The van der Waals surface area contributed by atoms with Gasteiger partial charge in [-0.05, 0) is 50.3 Å². The molecule has 2 aliphatic heterocycles. The molecule has 0 spiro atoms. The molecular formula is C27H32FN5OS. The number of halogens is 1. The average Bonchev–Trinajstić information content (AvgIpc) is 3.25. The summed E-state index contributed by atoms with van der Waals surface area (Å²) in [5.74, 6) is -0.163. The van der Waals surface area contributed by atoms with Gasteiger partial charge in [-0.3, -0.25) is 4.79 Å². The molecule has 0 atom stereocenters. The van der Waals surface area contributed by atoms with Crippen LogP contribution >= 0.6 is 11.3 Å². The van der Waals surface area contributed by atoms with Gasteiger partial charge in [0.1, 0.15) is 10.5 Å². The van der Waals surface area contributed by atoms with Crippen molar-refractivity contribution in [2.45, 2.75) is 45.3 Å². The maximum absolute atomic E-state index is 14.1. The van der Waals surface area contributed by atoms with Crippen LogP contribution in [0.25, 0.3) is 5.70 Å². The molecule has 1 aromatic carbocycles. The molecule has 8 heteroatoms. The van der Waals surface area contributed by atoms with Crippen molar-refractivity contribution in [1.82, 2.24) is 14.7 Å². The molecule has 2 fully saturated rings. The predicted octanol–water partition coefficient (Wildman–Crippen LogP) is 5.36. The lowest BCUT2D eigenvalue weighted by molar-refractivity contribution is 0.0238. The van der Waals surface area contributed by atoms with Crippen molar-refractivity contribution >= 4 is 35.0 Å². The van der Waals surface area contributed by atoms with Gasteiger partial charge in [-0.15, -0.1) is 11.3 Å². The summed E-state index contributed by atoms with van der Waals surface area (Å²) in [5.41, 5.74) is 2.41. The topological polar surface area (TPSA) is 62.9 Å². The number of carbonyl (C=O) groups is 1. The Morgan fingerprint density at radius 2 is 2.06 bits per heavy atom. The highest BCUT2D eigenvalue weighted by molar-refractivity contribution is 7.15. The highest BCUT2D eigenvalue weighted by Crippen LogP contribution is 2.39. The van der Waals surface area contributed by atoms with Gasteiger partial charge in [0.15, 0.2) is 0 Å². The van der Waals surface area contributed by atoms with Crippen LogP contribution in [0.4, 0.5) is 10.1 Å². The fourth-order valence-corrected chi connectivity index (χ4v) is 5.66. The van der Waals surface area contributed by atoms with Gasteiger partial charge >= 0.3 is 0 Å². The third-order valence-electron chi connectivity index (χ3n) is 6.59. The summed E-state index contributed by atoms with van der Waals surface area (Å²) >= 11 is 1.34. The number of aliphatic imine (C=N–C) groups is 1. The lowest BCUT2D eigenvalue weighted by atomic mass is 9.98. The second kappa shape index (κ2) is 10.2. The van der Waals surface area contributed by atoms with Gasteiger partial charge < -0.3 is 14.7 Å². The van der Waals surface area contributed by atoms with E-state index in [2.05, 4.69) is 17.5 Å². The highest BCUT2D eigenvalue weighted by Gasteiger charge is 2.40. The highest BCUT2D eigenvalue weighted by atomic mass is 32.1. The summed E-state index contributed by atoms with van der Waals surface area (Å²) < 4.78 is 14.1. The van der Waals surface area contributed by atoms with E-state index in [1.807, 2.05) is 42.4 Å². The summed E-state index contributed by atoms with van der Waals surface area (Å²) in [6.07, 6.45) is 5.34. The van der Waals surface area contributed by atoms with Gasteiger partial charge in [0.25, 0.3) is 5.91 Å². The molecule has 6 nitrogen and oxygen atoms in total. The quantitative estimate of drug-likeness (QED) is 0.385. The molecule has 35 heavy (non-hydrogen) atoms. The first-order valence-corrected chi connectivity index (χ1v) is 12.8. The molecule has 2 saturated heterocycles. The Morgan fingerprint density at radius 1 is 1.34 bits per heavy atom. The second-order valence-electron chi connectivity index (χ2n) is 9.76. The summed E-state index contributed by atoms with van der Waals surface area (Å²) in [6, 6.07) is 9.81. The number of carbonyl (C=O) groups excluding carboxylic acids is 1. The minimum absolute atomic E-state index is 0.163. The van der Waals surface area contributed by atoms with Crippen LogP contribution in [-0.2, 0) is 6.54 Å². The van der Waals surface area contributed by atoms with Crippen molar-refractivity contribution in [1.29, 1.82) is 5.26 Å². The van der Waals surface area contributed by atoms with Crippen molar-refractivity contribution < 1.29 is 9.18 Å². The molecule has 0 saturated carbocycles. The van der Waals surface area contributed by atoms with E-state index in [0.717, 1.165) is 41.9 Å². The molecule has 0 unspecified atom stereocenters. The van der Waals surface area contributed by atoms with Crippen LogP contribution in [0.3, 0.4) is 0 Å². The number of thiophene rings is 1. The van der Waals surface area contributed by atoms with Gasteiger partial charge in [0.05, 0.1) is 41.6 Å². The van der Waals surface area contributed by atoms with E-state index < -0.39 is 5.67 Å². The first-order chi connectivity index (χ1) is 16.7. The number of hydrogen-bond donors (Lipinski definition) is 0. The summed E-state index contributed by atoms with van der Waals surface area (Å²) in [4.78, 5) is 25.3. The average molecular weight is 494 g/mol. The lowest BCUT2D eigenvalue weighted by Gasteiger charge is -2.44. The maximum atomic E-state index is 14.1. The Labute approximate surface area is 211 Å². The first kappa shape index (κ1) is 24.9. The number of piperidine rings is 1. The van der Waals surface area contributed by atoms with E-state index in [-0.39, 0.29) is 5.91 Å². The zero-order chi connectivity index (χ0) is 25.2. The van der Waals surface area contributed by atoms with E-state index in [1.54, 1.807) is 18.9 Å². The van der Waals surface area contributed by atoms with Gasteiger partial charge in [-0.2, -0.15) is 5.26 Å². The maximum Gasteiger partial charge on any atom is 0.266 e. The Balaban J connectivity index is 1.59. The van der Waals surface area contributed by atoms with Crippen LogP contribution < -0.4 is 0 Å². The SMILES string of the molecule is C=C(c1cc(/N=C/N2CCCCC2)c(C(=O)N(C)Cc2cccc(C)c2C#N)s1)N1CC(C)(F)C1. The van der Waals surface area contributed by atoms with Crippen LogP contribution in [0, 0.1) is 18.3 Å². The molecule has 3 heterocycles. The van der Waals surface area contributed by atoms with E-state index >= 15 is 0 Å². The van der Waals surface area contributed by atoms with E-state index in [9.17, 15) is 14.4 Å². The first-order valence-electron chi connectivity index (χ1n) is 12.0. The van der Waals surface area contributed by atoms with Crippen LogP contribution in [0.2, 0.25) is 0 Å². The third kappa shape index (κ3) is 5.57. The standard InChI is InChI=1S/C27H32FN5OS/c1-19-9-8-10-21(22(19)14-29)15-31(4)26(34)25-23(30-18-32-11-6-5-7-12-32)13-24(35-25)20(2)33-16-27(3,28)17-33/h8-10,13,18H,2,5-7,11-12,15-17H2,1,3-4H3/b30-18+. The molecule has 0 N–H and O–H groups in total. The number of nitriles is 1. The van der Waals surface area contributed by atoms with Crippen LogP contribution in [0.1, 0.15) is 57.4 Å². The monoisotopic (exact) mass is 493 g/mol.